The van der Waals surface area contributed by atoms with E-state index in [-0.39, 0.29) is 16.1 Å². The van der Waals surface area contributed by atoms with Gasteiger partial charge in [0.2, 0.25) is 0 Å². The molecule has 9 heteroatoms. The van der Waals surface area contributed by atoms with Crippen molar-refractivity contribution < 1.29 is 13.2 Å². The summed E-state index contributed by atoms with van der Waals surface area (Å²) in [6.45, 7) is 1.64. The molecule has 3 N–H and O–H groups in total. The Kier molecular flexibility index (Phi) is 6.54. The van der Waals surface area contributed by atoms with Gasteiger partial charge in [0.15, 0.2) is 0 Å². The van der Waals surface area contributed by atoms with Gasteiger partial charge in [-0.2, -0.15) is 0 Å². The molecule has 0 spiro atoms. The van der Waals surface area contributed by atoms with Crippen molar-refractivity contribution in [2.75, 3.05) is 10.0 Å². The normalized spacial score (nSPS) is 11.1. The number of nitrogens with one attached hydrogen (secondary N) is 3. The van der Waals surface area contributed by atoms with E-state index in [0.29, 0.717) is 22.0 Å². The maximum atomic E-state index is 12.9. The van der Waals surface area contributed by atoms with E-state index in [9.17, 15) is 18.0 Å². The summed E-state index contributed by atoms with van der Waals surface area (Å²) in [5.41, 5.74) is 1.77. The molecule has 0 aliphatic heterocycles. The van der Waals surface area contributed by atoms with Crippen molar-refractivity contribution in [1.29, 1.82) is 0 Å². The zero-order valence-electron chi connectivity index (χ0n) is 18.0. The average Bonchev–Trinajstić information content (AvgIpc) is 2.80. The molecule has 4 rings (SSSR count). The molecule has 172 valence electrons. The number of benzene rings is 3. The predicted octanol–water partition coefficient (Wildman–Crippen LogP) is 5.06. The van der Waals surface area contributed by atoms with E-state index in [0.717, 1.165) is 5.56 Å². The van der Waals surface area contributed by atoms with Gasteiger partial charge < -0.3 is 10.3 Å². The highest BCUT2D eigenvalue weighted by Gasteiger charge is 2.19. The molecule has 0 unspecified atom stereocenters. The van der Waals surface area contributed by atoms with Crippen molar-refractivity contribution in [3.05, 3.63) is 111 Å². The van der Waals surface area contributed by atoms with Crippen molar-refractivity contribution >= 4 is 38.9 Å². The van der Waals surface area contributed by atoms with Crippen LogP contribution in [0.15, 0.2) is 94.6 Å². The number of sulfonamides is 1. The van der Waals surface area contributed by atoms with Crippen LogP contribution in [0, 0.1) is 6.92 Å². The van der Waals surface area contributed by atoms with Crippen LogP contribution in [0.3, 0.4) is 0 Å². The Labute approximate surface area is 201 Å². The number of carbonyl (C=O) groups excluding carboxylic acids is 1. The SMILES string of the molecule is Cc1ccc(NC(=O)c2ccc(-c3ccccc3)[nH]c2=O)cc1S(=O)(=O)Nc1cccc(Cl)c1. The molecule has 34 heavy (non-hydrogen) atoms. The lowest BCUT2D eigenvalue weighted by Crippen LogP contribution is -2.23. The number of hydrogen-bond acceptors (Lipinski definition) is 4. The van der Waals surface area contributed by atoms with E-state index in [4.69, 9.17) is 11.6 Å². The van der Waals surface area contributed by atoms with E-state index in [1.807, 2.05) is 30.3 Å². The Hall–Kier alpha value is -3.88. The highest BCUT2D eigenvalue weighted by atomic mass is 35.5. The van der Waals surface area contributed by atoms with Gasteiger partial charge in [0.25, 0.3) is 21.5 Å². The number of carbonyl (C=O) groups is 1. The molecule has 7 nitrogen and oxygen atoms in total. The zero-order valence-corrected chi connectivity index (χ0v) is 19.6. The fourth-order valence-electron chi connectivity index (χ4n) is 3.37. The van der Waals surface area contributed by atoms with Gasteiger partial charge in [-0.25, -0.2) is 8.42 Å². The second kappa shape index (κ2) is 9.54. The summed E-state index contributed by atoms with van der Waals surface area (Å²) in [4.78, 5) is 28.0. The molecule has 0 atom stereocenters. The highest BCUT2D eigenvalue weighted by Crippen LogP contribution is 2.24. The lowest BCUT2D eigenvalue weighted by Gasteiger charge is -2.13. The molecule has 0 aliphatic carbocycles. The molecule has 4 aromatic rings. The Morgan fingerprint density at radius 1 is 0.882 bits per heavy atom. The van der Waals surface area contributed by atoms with E-state index in [1.165, 1.54) is 18.2 Å². The third kappa shape index (κ3) is 5.19. The quantitative estimate of drug-likeness (QED) is 0.349. The monoisotopic (exact) mass is 493 g/mol. The molecule has 0 radical (unpaired) electrons. The van der Waals surface area contributed by atoms with Crippen molar-refractivity contribution in [2.45, 2.75) is 11.8 Å². The van der Waals surface area contributed by atoms with Crippen LogP contribution in [0.4, 0.5) is 11.4 Å². The smallest absolute Gasteiger partial charge is 0.262 e. The van der Waals surface area contributed by atoms with E-state index >= 15 is 0 Å². The number of pyridine rings is 1. The van der Waals surface area contributed by atoms with Gasteiger partial charge in [0.05, 0.1) is 10.6 Å². The number of aryl methyl sites for hydroxylation is 1. The summed E-state index contributed by atoms with van der Waals surface area (Å²) >= 11 is 5.94. The molecule has 0 saturated carbocycles. The van der Waals surface area contributed by atoms with Crippen molar-refractivity contribution in [1.82, 2.24) is 4.98 Å². The third-order valence-corrected chi connectivity index (χ3v) is 6.81. The van der Waals surface area contributed by atoms with Gasteiger partial charge in [-0.15, -0.1) is 0 Å². The Morgan fingerprint density at radius 3 is 2.35 bits per heavy atom. The number of amides is 1. The number of aromatic amines is 1. The van der Waals surface area contributed by atoms with Gasteiger partial charge >= 0.3 is 0 Å². The number of anilines is 2. The molecule has 0 fully saturated rings. The summed E-state index contributed by atoms with van der Waals surface area (Å²) in [6, 6.07) is 23.1. The maximum Gasteiger partial charge on any atom is 0.262 e. The minimum Gasteiger partial charge on any atom is -0.322 e. The first-order valence-electron chi connectivity index (χ1n) is 10.2. The minimum absolute atomic E-state index is 0.0152. The first-order valence-corrected chi connectivity index (χ1v) is 12.1. The summed E-state index contributed by atoms with van der Waals surface area (Å²) in [5, 5.41) is 2.99. The number of H-pyrrole nitrogens is 1. The largest absolute Gasteiger partial charge is 0.322 e. The van der Waals surface area contributed by atoms with Gasteiger partial charge in [-0.1, -0.05) is 54.1 Å². The lowest BCUT2D eigenvalue weighted by molar-refractivity contribution is 0.102. The Morgan fingerprint density at radius 2 is 1.65 bits per heavy atom. The molecule has 0 bridgehead atoms. The van der Waals surface area contributed by atoms with Crippen molar-refractivity contribution in [3.63, 3.8) is 0 Å². The molecule has 1 heterocycles. The summed E-state index contributed by atoms with van der Waals surface area (Å²) < 4.78 is 28.4. The van der Waals surface area contributed by atoms with E-state index in [2.05, 4.69) is 15.0 Å². The van der Waals surface area contributed by atoms with E-state index < -0.39 is 21.5 Å². The van der Waals surface area contributed by atoms with Gasteiger partial charge in [0.1, 0.15) is 5.56 Å². The van der Waals surface area contributed by atoms with E-state index in [1.54, 1.807) is 43.3 Å². The molecule has 0 saturated heterocycles. The molecular weight excluding hydrogens is 474 g/mol. The van der Waals surface area contributed by atoms with Crippen molar-refractivity contribution in [2.24, 2.45) is 0 Å². The number of halogens is 1. The highest BCUT2D eigenvalue weighted by molar-refractivity contribution is 7.92. The first-order chi connectivity index (χ1) is 16.2. The zero-order chi connectivity index (χ0) is 24.3. The molecule has 1 aromatic heterocycles. The van der Waals surface area contributed by atoms with Crippen LogP contribution < -0.4 is 15.6 Å². The summed E-state index contributed by atoms with van der Waals surface area (Å²) in [5.74, 6) is -0.657. The van der Waals surface area contributed by atoms with Crippen LogP contribution in [0.5, 0.6) is 0 Å². The van der Waals surface area contributed by atoms with Crippen LogP contribution in [0.25, 0.3) is 11.3 Å². The van der Waals surface area contributed by atoms with Gasteiger partial charge in [-0.05, 0) is 60.5 Å². The number of hydrogen-bond donors (Lipinski definition) is 3. The molecular formula is C25H20ClN3O4S. The molecule has 0 aliphatic rings. The summed E-state index contributed by atoms with van der Waals surface area (Å²) in [6.07, 6.45) is 0. The second-order valence-corrected chi connectivity index (χ2v) is 9.62. The van der Waals surface area contributed by atoms with Crippen LogP contribution in [-0.4, -0.2) is 19.3 Å². The second-order valence-electron chi connectivity index (χ2n) is 7.53. The van der Waals surface area contributed by atoms with Crippen LogP contribution in [-0.2, 0) is 10.0 Å². The number of aromatic nitrogens is 1. The molecule has 3 aromatic carbocycles. The predicted molar refractivity (Wildman–Crippen MR) is 134 cm³/mol. The van der Waals surface area contributed by atoms with Gasteiger partial charge in [-0.3, -0.25) is 14.3 Å². The topological polar surface area (TPSA) is 108 Å². The fraction of sp³-hybridized carbons (Fsp3) is 0.0400. The first kappa shape index (κ1) is 23.3. The third-order valence-electron chi connectivity index (χ3n) is 5.05. The van der Waals surface area contributed by atoms with Crippen LogP contribution >= 0.6 is 11.6 Å². The Balaban J connectivity index is 1.57. The minimum atomic E-state index is -3.96. The standard InChI is InChI=1S/C25H20ClN3O4S/c1-16-10-11-19(15-23(16)34(32,33)29-20-9-5-8-18(26)14-20)27-24(30)21-12-13-22(28-25(21)31)17-6-3-2-4-7-17/h2-15,29H,1H3,(H,27,30)(H,28,31). The fourth-order valence-corrected chi connectivity index (χ4v) is 4.88. The van der Waals surface area contributed by atoms with Crippen molar-refractivity contribution in [3.8, 4) is 11.3 Å². The summed E-state index contributed by atoms with van der Waals surface area (Å²) in [7, 11) is -3.96. The van der Waals surface area contributed by atoms with Gasteiger partial charge in [0, 0.05) is 16.4 Å². The maximum absolute atomic E-state index is 12.9. The van der Waals surface area contributed by atoms with Crippen LogP contribution in [0.1, 0.15) is 15.9 Å². The average molecular weight is 494 g/mol. The number of rotatable bonds is 6. The lowest BCUT2D eigenvalue weighted by atomic mass is 10.1. The Bertz CT molecular complexity index is 1530. The molecule has 1 amide bonds. The van der Waals surface area contributed by atoms with Crippen LogP contribution in [0.2, 0.25) is 5.02 Å².